The minimum Gasteiger partial charge on any atom is -0.398 e. The molecule has 0 bridgehead atoms. The van der Waals surface area contributed by atoms with Gasteiger partial charge in [-0.05, 0) is 38.8 Å². The lowest BCUT2D eigenvalue weighted by Gasteiger charge is -2.39. The minimum atomic E-state index is -0.142. The Morgan fingerprint density at radius 2 is 2.00 bits per heavy atom. The summed E-state index contributed by atoms with van der Waals surface area (Å²) in [7, 11) is 0. The predicted molar refractivity (Wildman–Crippen MR) is 65.3 cm³/mol. The van der Waals surface area contributed by atoms with Crippen molar-refractivity contribution in [3.05, 3.63) is 29.3 Å². The molecule has 0 atom stereocenters. The maximum Gasteiger partial charge on any atom is 0.256 e. The maximum atomic E-state index is 12.3. The monoisotopic (exact) mass is 218 g/mol. The summed E-state index contributed by atoms with van der Waals surface area (Å²) in [5, 5.41) is 0. The van der Waals surface area contributed by atoms with Crippen molar-refractivity contribution in [1.82, 2.24) is 4.90 Å². The Balaban J connectivity index is 2.47. The van der Waals surface area contributed by atoms with Crippen molar-refractivity contribution in [3.8, 4) is 0 Å². The number of nitrogen functional groups attached to an aromatic ring is 1. The van der Waals surface area contributed by atoms with E-state index < -0.39 is 0 Å². The Hall–Kier alpha value is -1.51. The molecule has 16 heavy (non-hydrogen) atoms. The fraction of sp³-hybridized carbons (Fsp3) is 0.462. The summed E-state index contributed by atoms with van der Waals surface area (Å²) < 4.78 is 0. The van der Waals surface area contributed by atoms with E-state index >= 15 is 0 Å². The van der Waals surface area contributed by atoms with Crippen molar-refractivity contribution in [2.24, 2.45) is 0 Å². The summed E-state index contributed by atoms with van der Waals surface area (Å²) in [6, 6.07) is 5.70. The zero-order chi connectivity index (χ0) is 11.9. The molecular formula is C13H18N2O. The number of rotatable bonds is 0. The lowest BCUT2D eigenvalue weighted by atomic mass is 9.93. The first-order valence-electron chi connectivity index (χ1n) is 5.60. The average Bonchev–Trinajstić information content (AvgIpc) is 2.16. The van der Waals surface area contributed by atoms with Crippen LogP contribution >= 0.6 is 0 Å². The van der Waals surface area contributed by atoms with E-state index in [2.05, 4.69) is 20.8 Å². The molecule has 0 aliphatic carbocycles. The molecule has 1 amide bonds. The van der Waals surface area contributed by atoms with Crippen LogP contribution in [0.5, 0.6) is 0 Å². The van der Waals surface area contributed by atoms with Gasteiger partial charge in [0.25, 0.3) is 5.91 Å². The predicted octanol–water partition coefficient (Wildman–Crippen LogP) is 2.07. The Morgan fingerprint density at radius 3 is 2.62 bits per heavy atom. The van der Waals surface area contributed by atoms with Crippen molar-refractivity contribution in [2.75, 3.05) is 12.3 Å². The third kappa shape index (κ3) is 1.66. The molecule has 3 heteroatoms. The summed E-state index contributed by atoms with van der Waals surface area (Å²) >= 11 is 0. The van der Waals surface area contributed by atoms with Gasteiger partial charge in [0.05, 0.1) is 5.56 Å². The molecule has 1 heterocycles. The highest BCUT2D eigenvalue weighted by Crippen LogP contribution is 2.28. The molecule has 0 saturated carbocycles. The van der Waals surface area contributed by atoms with Crippen LogP contribution in [-0.4, -0.2) is 22.9 Å². The summed E-state index contributed by atoms with van der Waals surface area (Å²) in [5.74, 6) is 0.0619. The molecule has 2 rings (SSSR count). The lowest BCUT2D eigenvalue weighted by molar-refractivity contribution is 0.0563. The Kier molecular flexibility index (Phi) is 2.41. The first kappa shape index (κ1) is 11.0. The summed E-state index contributed by atoms with van der Waals surface area (Å²) in [4.78, 5) is 14.2. The zero-order valence-corrected chi connectivity index (χ0v) is 10.1. The van der Waals surface area contributed by atoms with Crippen LogP contribution in [0.15, 0.2) is 18.2 Å². The van der Waals surface area contributed by atoms with Gasteiger partial charge in [0, 0.05) is 17.8 Å². The van der Waals surface area contributed by atoms with Crippen LogP contribution in [-0.2, 0) is 6.42 Å². The van der Waals surface area contributed by atoms with Crippen LogP contribution in [0.3, 0.4) is 0 Å². The lowest BCUT2D eigenvalue weighted by Crippen LogP contribution is -2.49. The van der Waals surface area contributed by atoms with E-state index in [4.69, 9.17) is 5.73 Å². The van der Waals surface area contributed by atoms with Crippen molar-refractivity contribution >= 4 is 11.6 Å². The number of nitrogens with zero attached hydrogens (tertiary/aromatic N) is 1. The van der Waals surface area contributed by atoms with E-state index in [-0.39, 0.29) is 11.4 Å². The van der Waals surface area contributed by atoms with E-state index in [9.17, 15) is 4.79 Å². The zero-order valence-electron chi connectivity index (χ0n) is 10.1. The first-order valence-corrected chi connectivity index (χ1v) is 5.60. The molecule has 0 radical (unpaired) electrons. The largest absolute Gasteiger partial charge is 0.398 e. The van der Waals surface area contributed by atoms with E-state index in [0.29, 0.717) is 11.3 Å². The molecule has 0 unspecified atom stereocenters. The standard InChI is InChI=1S/C13H18N2O/c1-13(2,3)15-8-7-9-5-4-6-10(14)11(9)12(15)16/h4-6H,7-8,14H2,1-3H3. The quantitative estimate of drug-likeness (QED) is 0.677. The molecule has 1 aromatic carbocycles. The Labute approximate surface area is 96.2 Å². The van der Waals surface area contributed by atoms with Crippen molar-refractivity contribution < 1.29 is 4.79 Å². The van der Waals surface area contributed by atoms with Crippen molar-refractivity contribution in [2.45, 2.75) is 32.7 Å². The van der Waals surface area contributed by atoms with Gasteiger partial charge in [-0.1, -0.05) is 12.1 Å². The van der Waals surface area contributed by atoms with Gasteiger partial charge >= 0.3 is 0 Å². The summed E-state index contributed by atoms with van der Waals surface area (Å²) in [6.45, 7) is 6.93. The van der Waals surface area contributed by atoms with Crippen LogP contribution in [0.1, 0.15) is 36.7 Å². The number of carbonyl (C=O) groups excluding carboxylic acids is 1. The summed E-state index contributed by atoms with van der Waals surface area (Å²) in [5.41, 5.74) is 8.11. The molecule has 1 aliphatic rings. The third-order valence-electron chi connectivity index (χ3n) is 3.06. The second kappa shape index (κ2) is 3.51. The molecule has 86 valence electrons. The number of hydrogen-bond donors (Lipinski definition) is 1. The number of amides is 1. The fourth-order valence-corrected chi connectivity index (χ4v) is 2.20. The number of carbonyl (C=O) groups is 1. The normalized spacial score (nSPS) is 16.2. The molecule has 0 spiro atoms. The molecule has 0 aromatic heterocycles. The topological polar surface area (TPSA) is 46.3 Å². The molecule has 1 aliphatic heterocycles. The van der Waals surface area contributed by atoms with Gasteiger partial charge in [-0.3, -0.25) is 4.79 Å². The van der Waals surface area contributed by atoms with Crippen LogP contribution in [0, 0.1) is 0 Å². The number of anilines is 1. The summed E-state index contributed by atoms with van der Waals surface area (Å²) in [6.07, 6.45) is 0.892. The molecule has 1 aromatic rings. The van der Waals surface area contributed by atoms with E-state index in [1.54, 1.807) is 6.07 Å². The maximum absolute atomic E-state index is 12.3. The second-order valence-corrected chi connectivity index (χ2v) is 5.26. The van der Waals surface area contributed by atoms with Crippen LogP contribution in [0.4, 0.5) is 5.69 Å². The highest BCUT2D eigenvalue weighted by atomic mass is 16.2. The van der Waals surface area contributed by atoms with Gasteiger partial charge in [0.15, 0.2) is 0 Å². The van der Waals surface area contributed by atoms with Crippen molar-refractivity contribution in [1.29, 1.82) is 0 Å². The third-order valence-corrected chi connectivity index (χ3v) is 3.06. The fourth-order valence-electron chi connectivity index (χ4n) is 2.20. The smallest absolute Gasteiger partial charge is 0.256 e. The minimum absolute atomic E-state index is 0.0619. The van der Waals surface area contributed by atoms with Gasteiger partial charge < -0.3 is 10.6 Å². The van der Waals surface area contributed by atoms with E-state index in [0.717, 1.165) is 18.5 Å². The highest BCUT2D eigenvalue weighted by Gasteiger charge is 2.32. The molecular weight excluding hydrogens is 200 g/mol. The highest BCUT2D eigenvalue weighted by molar-refractivity contribution is 6.01. The number of benzene rings is 1. The first-order chi connectivity index (χ1) is 7.41. The Bertz CT molecular complexity index is 432. The molecule has 0 saturated heterocycles. The van der Waals surface area contributed by atoms with Gasteiger partial charge in [-0.2, -0.15) is 0 Å². The van der Waals surface area contributed by atoms with Gasteiger partial charge in [0.1, 0.15) is 0 Å². The van der Waals surface area contributed by atoms with Gasteiger partial charge in [-0.15, -0.1) is 0 Å². The molecule has 2 N–H and O–H groups in total. The van der Waals surface area contributed by atoms with Crippen molar-refractivity contribution in [3.63, 3.8) is 0 Å². The van der Waals surface area contributed by atoms with Gasteiger partial charge in [0.2, 0.25) is 0 Å². The SMILES string of the molecule is CC(C)(C)N1CCc2cccc(N)c2C1=O. The Morgan fingerprint density at radius 1 is 1.31 bits per heavy atom. The van der Waals surface area contributed by atoms with Crippen LogP contribution in [0.2, 0.25) is 0 Å². The second-order valence-electron chi connectivity index (χ2n) is 5.26. The molecule has 0 fully saturated rings. The number of fused-ring (bicyclic) bond motifs is 1. The molecule has 3 nitrogen and oxygen atoms in total. The van der Waals surface area contributed by atoms with Gasteiger partial charge in [-0.25, -0.2) is 0 Å². The average molecular weight is 218 g/mol. The number of hydrogen-bond acceptors (Lipinski definition) is 2. The van der Waals surface area contributed by atoms with Crippen LogP contribution < -0.4 is 5.73 Å². The van der Waals surface area contributed by atoms with E-state index in [1.807, 2.05) is 17.0 Å². The number of nitrogens with two attached hydrogens (primary N) is 1. The van der Waals surface area contributed by atoms with Crippen LogP contribution in [0.25, 0.3) is 0 Å². The van der Waals surface area contributed by atoms with E-state index in [1.165, 1.54) is 0 Å².